The van der Waals surface area contributed by atoms with Gasteiger partial charge in [0.15, 0.2) is 24.3 Å². The first kappa shape index (κ1) is 16.8. The zero-order valence-electron chi connectivity index (χ0n) is 13.7. The summed E-state index contributed by atoms with van der Waals surface area (Å²) in [6, 6.07) is 8.71. The maximum absolute atomic E-state index is 12.5. The van der Waals surface area contributed by atoms with Crippen LogP contribution in [0, 0.1) is 0 Å². The zero-order valence-corrected chi connectivity index (χ0v) is 14.6. The lowest BCUT2D eigenvalue weighted by Gasteiger charge is -2.27. The van der Waals surface area contributed by atoms with E-state index in [4.69, 9.17) is 23.7 Å². The summed E-state index contributed by atoms with van der Waals surface area (Å²) in [5.74, 6) is -1.30. The lowest BCUT2D eigenvalue weighted by Crippen LogP contribution is -2.43. The number of esters is 1. The molecular weight excluding hydrogens is 348 g/mol. The molecule has 3 aliphatic rings. The molecule has 3 aliphatic heterocycles. The van der Waals surface area contributed by atoms with Crippen molar-refractivity contribution < 1.29 is 33.3 Å². The number of hydrogen-bond acceptors (Lipinski definition) is 8. The summed E-state index contributed by atoms with van der Waals surface area (Å²) in [7, 11) is 0. The van der Waals surface area contributed by atoms with Gasteiger partial charge in [0.1, 0.15) is 12.7 Å². The smallest absolute Gasteiger partial charge is 0.367 e. The molecule has 134 valence electrons. The molecule has 7 nitrogen and oxygen atoms in total. The van der Waals surface area contributed by atoms with E-state index in [0.717, 1.165) is 11.8 Å². The van der Waals surface area contributed by atoms with E-state index in [1.165, 1.54) is 0 Å². The molecule has 5 atom stereocenters. The van der Waals surface area contributed by atoms with Crippen molar-refractivity contribution in [3.8, 4) is 0 Å². The van der Waals surface area contributed by atoms with Crippen molar-refractivity contribution in [2.45, 2.75) is 49.5 Å². The van der Waals surface area contributed by atoms with Crippen LogP contribution in [-0.4, -0.2) is 53.5 Å². The second-order valence-corrected chi connectivity index (χ2v) is 7.70. The number of fused-ring (bicyclic) bond motifs is 1. The maximum atomic E-state index is 12.5. The average molecular weight is 366 g/mol. The van der Waals surface area contributed by atoms with Gasteiger partial charge in [0.25, 0.3) is 0 Å². The van der Waals surface area contributed by atoms with E-state index < -0.39 is 36.4 Å². The van der Waals surface area contributed by atoms with Crippen molar-refractivity contribution in [3.05, 3.63) is 35.9 Å². The first-order chi connectivity index (χ1) is 11.9. The molecule has 3 fully saturated rings. The molecule has 0 unspecified atom stereocenters. The van der Waals surface area contributed by atoms with Crippen LogP contribution >= 0.6 is 11.8 Å². The van der Waals surface area contributed by atoms with Gasteiger partial charge >= 0.3 is 11.3 Å². The zero-order chi connectivity index (χ0) is 17.6. The molecule has 0 radical (unpaired) electrons. The van der Waals surface area contributed by atoms with E-state index in [2.05, 4.69) is 0 Å². The van der Waals surface area contributed by atoms with Crippen LogP contribution in [0.5, 0.6) is 0 Å². The van der Waals surface area contributed by atoms with Gasteiger partial charge in [-0.2, -0.15) is 0 Å². The van der Waals surface area contributed by atoms with Gasteiger partial charge in [-0.25, -0.2) is 9.59 Å². The van der Waals surface area contributed by atoms with E-state index in [9.17, 15) is 9.59 Å². The number of carbonyl (C=O) groups excluding carboxylic acids is 2. The molecule has 1 aromatic rings. The van der Waals surface area contributed by atoms with Crippen LogP contribution in [0.3, 0.4) is 0 Å². The summed E-state index contributed by atoms with van der Waals surface area (Å²) < 4.78 is 28.3. The number of benzene rings is 1. The second-order valence-electron chi connectivity index (χ2n) is 6.52. The third-order valence-electron chi connectivity index (χ3n) is 4.26. The monoisotopic (exact) mass is 366 g/mol. The van der Waals surface area contributed by atoms with Crippen molar-refractivity contribution in [1.29, 1.82) is 0 Å². The van der Waals surface area contributed by atoms with Gasteiger partial charge in [0, 0.05) is 0 Å². The van der Waals surface area contributed by atoms with Crippen LogP contribution < -0.4 is 0 Å². The lowest BCUT2D eigenvalue weighted by atomic mass is 10.1. The van der Waals surface area contributed by atoms with Crippen molar-refractivity contribution in [1.82, 2.24) is 0 Å². The molecule has 8 heteroatoms. The number of rotatable bonds is 3. The highest BCUT2D eigenvalue weighted by Gasteiger charge is 2.59. The third kappa shape index (κ3) is 3.27. The summed E-state index contributed by atoms with van der Waals surface area (Å²) in [4.78, 5) is 23.9. The minimum atomic E-state index is -0.827. The summed E-state index contributed by atoms with van der Waals surface area (Å²) >= 11 is 1.04. The van der Waals surface area contributed by atoms with Gasteiger partial charge < -0.3 is 23.7 Å². The fraction of sp³-hybridized carbons (Fsp3) is 0.529. The normalized spacial score (nSPS) is 36.1. The molecule has 0 bridgehead atoms. The van der Waals surface area contributed by atoms with Gasteiger partial charge in [0.2, 0.25) is 0 Å². The van der Waals surface area contributed by atoms with Gasteiger partial charge in [0.05, 0.1) is 10.8 Å². The average Bonchev–Trinajstić information content (AvgIpc) is 3.21. The number of hydrogen-bond donors (Lipinski definition) is 0. The van der Waals surface area contributed by atoms with Gasteiger partial charge in [-0.3, -0.25) is 0 Å². The molecule has 1 aromatic carbocycles. The van der Waals surface area contributed by atoms with E-state index >= 15 is 0 Å². The summed E-state index contributed by atoms with van der Waals surface area (Å²) in [6.45, 7) is 3.75. The predicted octanol–water partition coefficient (Wildman–Crippen LogP) is 2.34. The number of cyclic esters (lactones) is 1. The van der Waals surface area contributed by atoms with Crippen molar-refractivity contribution in [3.63, 3.8) is 0 Å². The highest BCUT2D eigenvalue weighted by molar-refractivity contribution is 8.14. The van der Waals surface area contributed by atoms with Crippen LogP contribution in [0.25, 0.3) is 0 Å². The Morgan fingerprint density at radius 2 is 1.96 bits per heavy atom. The molecule has 0 amide bonds. The van der Waals surface area contributed by atoms with Gasteiger partial charge in [-0.15, -0.1) is 0 Å². The first-order valence-electron chi connectivity index (χ1n) is 8.03. The Labute approximate surface area is 148 Å². The van der Waals surface area contributed by atoms with E-state index in [1.807, 2.05) is 6.07 Å². The highest BCUT2D eigenvalue weighted by atomic mass is 32.2. The maximum Gasteiger partial charge on any atom is 0.367 e. The molecule has 0 N–H and O–H groups in total. The quantitative estimate of drug-likeness (QED) is 0.754. The minimum Gasteiger partial charge on any atom is -0.456 e. The summed E-state index contributed by atoms with van der Waals surface area (Å²) in [5.41, 5.74) is 0.439. The number of ether oxygens (including phenoxy) is 5. The van der Waals surface area contributed by atoms with E-state index in [1.54, 1.807) is 38.1 Å². The molecule has 3 heterocycles. The second kappa shape index (κ2) is 6.28. The topological polar surface area (TPSA) is 80.3 Å². The lowest BCUT2D eigenvalue weighted by molar-refractivity contribution is -0.215. The summed E-state index contributed by atoms with van der Waals surface area (Å²) in [6.07, 6.45) is -2.43. The van der Waals surface area contributed by atoms with Crippen molar-refractivity contribution in [2.24, 2.45) is 0 Å². The van der Waals surface area contributed by atoms with E-state index in [-0.39, 0.29) is 17.2 Å². The van der Waals surface area contributed by atoms with Crippen LogP contribution in [0.4, 0.5) is 4.79 Å². The fourth-order valence-electron chi connectivity index (χ4n) is 3.21. The van der Waals surface area contributed by atoms with Crippen molar-refractivity contribution in [2.75, 3.05) is 6.61 Å². The van der Waals surface area contributed by atoms with Crippen LogP contribution in [0.15, 0.2) is 30.3 Å². The van der Waals surface area contributed by atoms with Crippen molar-refractivity contribution >= 4 is 23.0 Å². The number of thioether (sulfide) groups is 1. The Kier molecular flexibility index (Phi) is 4.23. The molecular formula is C17H18O7S. The first-order valence-corrected chi connectivity index (χ1v) is 8.91. The Hall–Kier alpha value is -1.61. The Morgan fingerprint density at radius 1 is 1.20 bits per heavy atom. The highest BCUT2D eigenvalue weighted by Crippen LogP contribution is 2.43. The van der Waals surface area contributed by atoms with Gasteiger partial charge in [-0.1, -0.05) is 18.2 Å². The largest absolute Gasteiger partial charge is 0.456 e. The fourth-order valence-corrected chi connectivity index (χ4v) is 4.08. The Morgan fingerprint density at radius 3 is 2.64 bits per heavy atom. The molecule has 0 spiro atoms. The molecule has 4 rings (SSSR count). The standard InChI is InChI=1S/C17H18O7S/c1-17(2)23-13-12(21-14(18)9-6-4-3-5-7-9)11(22-15(13)24-17)10-8-20-16(19)25-10/h3-7,10-13,15H,8H2,1-2H3/t10-,11+,12-,13+,15+/m0/s1. The molecule has 0 aromatic heterocycles. The number of carbonyl (C=O) groups is 2. The minimum absolute atomic E-state index is 0.205. The predicted molar refractivity (Wildman–Crippen MR) is 87.1 cm³/mol. The molecule has 3 saturated heterocycles. The van der Waals surface area contributed by atoms with E-state index in [0.29, 0.717) is 5.56 Å². The molecule has 25 heavy (non-hydrogen) atoms. The van der Waals surface area contributed by atoms with Gasteiger partial charge in [-0.05, 0) is 37.7 Å². The Bertz CT molecular complexity index is 677. The van der Waals surface area contributed by atoms with Crippen LogP contribution in [-0.2, 0) is 23.7 Å². The molecule has 0 aliphatic carbocycles. The van der Waals surface area contributed by atoms with Crippen LogP contribution in [0.2, 0.25) is 0 Å². The molecule has 0 saturated carbocycles. The van der Waals surface area contributed by atoms with Crippen LogP contribution in [0.1, 0.15) is 24.2 Å². The SMILES string of the molecule is CC1(C)O[C@H]2O[C@H]([C@@H]3COC(=O)S3)[C@H](OC(=O)c3ccccc3)[C@H]2O1. The Balaban J connectivity index is 1.55. The summed E-state index contributed by atoms with van der Waals surface area (Å²) in [5, 5.41) is -0.636. The third-order valence-corrected chi connectivity index (χ3v) is 5.28.